The van der Waals surface area contributed by atoms with E-state index in [1.807, 2.05) is 19.9 Å². The molecule has 1 aliphatic carbocycles. The lowest BCUT2D eigenvalue weighted by Gasteiger charge is -2.41. The number of anilines is 1. The molecule has 1 saturated carbocycles. The van der Waals surface area contributed by atoms with Crippen LogP contribution in [0.5, 0.6) is 0 Å². The molecule has 2 aromatic rings. The molecule has 2 aromatic heterocycles. The number of hydrogen-bond donors (Lipinski definition) is 2. The van der Waals surface area contributed by atoms with Crippen LogP contribution >= 0.6 is 11.3 Å². The van der Waals surface area contributed by atoms with Gasteiger partial charge in [-0.2, -0.15) is 0 Å². The van der Waals surface area contributed by atoms with Gasteiger partial charge in [-0.3, -0.25) is 9.78 Å². The third-order valence-corrected chi connectivity index (χ3v) is 5.74. The number of nitrogen functional groups attached to an aromatic ring is 1. The number of thiophene rings is 1. The fourth-order valence-corrected chi connectivity index (χ4v) is 4.28. The van der Waals surface area contributed by atoms with E-state index in [0.29, 0.717) is 10.6 Å². The minimum absolute atomic E-state index is 0.0110. The van der Waals surface area contributed by atoms with Crippen LogP contribution in [0, 0.1) is 13.8 Å². The smallest absolute Gasteiger partial charge is 0.263 e. The normalized spacial score (nSPS) is 16.7. The third-order valence-electron chi connectivity index (χ3n) is 4.59. The molecule has 21 heavy (non-hydrogen) atoms. The summed E-state index contributed by atoms with van der Waals surface area (Å²) < 4.78 is 1.04. The molecule has 0 unspecified atom stereocenters. The van der Waals surface area contributed by atoms with Gasteiger partial charge in [0, 0.05) is 27.0 Å². The van der Waals surface area contributed by atoms with Gasteiger partial charge < -0.3 is 11.1 Å². The Morgan fingerprint density at radius 1 is 1.48 bits per heavy atom. The summed E-state index contributed by atoms with van der Waals surface area (Å²) in [6.07, 6.45) is 4.31. The molecule has 0 atom stereocenters. The van der Waals surface area contributed by atoms with Gasteiger partial charge in [-0.1, -0.05) is 6.92 Å². The van der Waals surface area contributed by atoms with Crippen molar-refractivity contribution >= 4 is 33.0 Å². The molecule has 0 saturated heterocycles. The van der Waals surface area contributed by atoms with Crippen LogP contribution in [0.1, 0.15) is 53.7 Å². The van der Waals surface area contributed by atoms with Crippen LogP contribution in [-0.4, -0.2) is 16.4 Å². The van der Waals surface area contributed by atoms with Gasteiger partial charge in [0.25, 0.3) is 5.91 Å². The Balaban J connectivity index is 1.99. The second kappa shape index (κ2) is 4.98. The number of nitrogens with zero attached hydrogens (tertiary/aromatic N) is 1. The molecule has 1 aliphatic rings. The first-order chi connectivity index (χ1) is 9.96. The van der Waals surface area contributed by atoms with Gasteiger partial charge in [-0.15, -0.1) is 11.3 Å². The number of aromatic nitrogens is 1. The number of nitrogens with two attached hydrogens (primary N) is 1. The Morgan fingerprint density at radius 3 is 2.76 bits per heavy atom. The molecule has 112 valence electrons. The van der Waals surface area contributed by atoms with E-state index >= 15 is 0 Å². The number of amides is 1. The van der Waals surface area contributed by atoms with E-state index in [4.69, 9.17) is 5.73 Å². The Kier molecular flexibility index (Phi) is 3.40. The molecule has 0 spiro atoms. The van der Waals surface area contributed by atoms with Crippen molar-refractivity contribution in [2.45, 2.75) is 52.0 Å². The Labute approximate surface area is 128 Å². The van der Waals surface area contributed by atoms with Gasteiger partial charge in [0.1, 0.15) is 4.88 Å². The van der Waals surface area contributed by atoms with Crippen LogP contribution in [0.2, 0.25) is 0 Å². The van der Waals surface area contributed by atoms with Crippen molar-refractivity contribution in [1.82, 2.24) is 10.3 Å². The Morgan fingerprint density at radius 2 is 2.19 bits per heavy atom. The first-order valence-electron chi connectivity index (χ1n) is 7.44. The predicted octanol–water partition coefficient (Wildman–Crippen LogP) is 3.56. The largest absolute Gasteiger partial charge is 0.397 e. The molecule has 0 bridgehead atoms. The number of pyridine rings is 1. The second-order valence-electron chi connectivity index (χ2n) is 6.01. The van der Waals surface area contributed by atoms with Gasteiger partial charge in [-0.05, 0) is 45.6 Å². The SMILES string of the molecule is CCC1(NC(=O)c2sc3cc(C)nc(C)c3c2N)CCC1. The first kappa shape index (κ1) is 14.3. The number of aryl methyl sites for hydroxylation is 2. The molecule has 0 aliphatic heterocycles. The summed E-state index contributed by atoms with van der Waals surface area (Å²) in [6.45, 7) is 6.03. The first-order valence-corrected chi connectivity index (χ1v) is 8.26. The highest BCUT2D eigenvalue weighted by Gasteiger charge is 2.37. The lowest BCUT2D eigenvalue weighted by molar-refractivity contribution is 0.0825. The fourth-order valence-electron chi connectivity index (χ4n) is 3.12. The van der Waals surface area contributed by atoms with Crippen LogP contribution in [0.15, 0.2) is 6.07 Å². The third kappa shape index (κ3) is 2.29. The zero-order valence-corrected chi connectivity index (χ0v) is 13.6. The van der Waals surface area contributed by atoms with Gasteiger partial charge >= 0.3 is 0 Å². The molecule has 5 heteroatoms. The van der Waals surface area contributed by atoms with Crippen LogP contribution < -0.4 is 11.1 Å². The van der Waals surface area contributed by atoms with Crippen molar-refractivity contribution in [3.8, 4) is 0 Å². The van der Waals surface area contributed by atoms with E-state index in [1.165, 1.54) is 17.8 Å². The molecule has 1 fully saturated rings. The van der Waals surface area contributed by atoms with Crippen molar-refractivity contribution in [3.05, 3.63) is 22.3 Å². The van der Waals surface area contributed by atoms with E-state index in [1.54, 1.807) is 0 Å². The predicted molar refractivity (Wildman–Crippen MR) is 87.8 cm³/mol. The molecule has 3 rings (SSSR count). The molecule has 0 radical (unpaired) electrons. The van der Waals surface area contributed by atoms with Crippen LogP contribution in [-0.2, 0) is 0 Å². The minimum atomic E-state index is -0.0349. The van der Waals surface area contributed by atoms with Crippen molar-refractivity contribution in [3.63, 3.8) is 0 Å². The van der Waals surface area contributed by atoms with E-state index in [2.05, 4.69) is 17.2 Å². The maximum atomic E-state index is 12.6. The van der Waals surface area contributed by atoms with Crippen LogP contribution in [0.4, 0.5) is 5.69 Å². The minimum Gasteiger partial charge on any atom is -0.397 e. The quantitative estimate of drug-likeness (QED) is 0.911. The van der Waals surface area contributed by atoms with Gasteiger partial charge in [0.2, 0.25) is 0 Å². The molecule has 4 nitrogen and oxygen atoms in total. The number of hydrogen-bond acceptors (Lipinski definition) is 4. The van der Waals surface area contributed by atoms with Crippen molar-refractivity contribution in [2.75, 3.05) is 5.73 Å². The summed E-state index contributed by atoms with van der Waals surface area (Å²) >= 11 is 1.47. The van der Waals surface area contributed by atoms with E-state index < -0.39 is 0 Å². The van der Waals surface area contributed by atoms with Crippen molar-refractivity contribution in [1.29, 1.82) is 0 Å². The highest BCUT2D eigenvalue weighted by atomic mass is 32.1. The molecule has 1 amide bonds. The molecule has 0 aromatic carbocycles. The fraction of sp³-hybridized carbons (Fsp3) is 0.500. The van der Waals surface area contributed by atoms with E-state index in [-0.39, 0.29) is 11.4 Å². The maximum absolute atomic E-state index is 12.6. The summed E-state index contributed by atoms with van der Waals surface area (Å²) in [7, 11) is 0. The Bertz CT molecular complexity index is 710. The lowest BCUT2D eigenvalue weighted by Crippen LogP contribution is -2.52. The summed E-state index contributed by atoms with van der Waals surface area (Å²) in [5.41, 5.74) is 8.63. The average molecular weight is 303 g/mol. The molecule has 2 heterocycles. The highest BCUT2D eigenvalue weighted by Crippen LogP contribution is 2.38. The number of carbonyl (C=O) groups excluding carboxylic acids is 1. The van der Waals surface area contributed by atoms with Crippen molar-refractivity contribution < 1.29 is 4.79 Å². The summed E-state index contributed by atoms with van der Waals surface area (Å²) in [4.78, 5) is 17.7. The molecular weight excluding hydrogens is 282 g/mol. The summed E-state index contributed by atoms with van der Waals surface area (Å²) in [6, 6.07) is 2.00. The topological polar surface area (TPSA) is 68.0 Å². The maximum Gasteiger partial charge on any atom is 0.263 e. The second-order valence-corrected chi connectivity index (χ2v) is 7.06. The van der Waals surface area contributed by atoms with Crippen molar-refractivity contribution in [2.24, 2.45) is 0 Å². The zero-order chi connectivity index (χ0) is 15.2. The number of rotatable bonds is 3. The number of fused-ring (bicyclic) bond motifs is 1. The van der Waals surface area contributed by atoms with Gasteiger partial charge in [0.15, 0.2) is 0 Å². The summed E-state index contributed by atoms with van der Waals surface area (Å²) in [5.74, 6) is -0.0349. The average Bonchev–Trinajstić information content (AvgIpc) is 2.71. The standard InChI is InChI=1S/C16H21N3OS/c1-4-16(6-5-7-16)19-15(20)14-13(17)12-10(3)18-9(2)8-11(12)21-14/h8H,4-7,17H2,1-3H3,(H,19,20). The van der Waals surface area contributed by atoms with Crippen LogP contribution in [0.25, 0.3) is 10.1 Å². The zero-order valence-electron chi connectivity index (χ0n) is 12.7. The molecule has 3 N–H and O–H groups in total. The number of carbonyl (C=O) groups is 1. The lowest BCUT2D eigenvalue weighted by atomic mass is 9.75. The monoisotopic (exact) mass is 303 g/mol. The van der Waals surface area contributed by atoms with Gasteiger partial charge in [0.05, 0.1) is 5.69 Å². The highest BCUT2D eigenvalue weighted by molar-refractivity contribution is 7.21. The van der Waals surface area contributed by atoms with E-state index in [9.17, 15) is 4.79 Å². The Hall–Kier alpha value is -1.62. The van der Waals surface area contributed by atoms with Gasteiger partial charge in [-0.25, -0.2) is 0 Å². The van der Waals surface area contributed by atoms with Crippen LogP contribution in [0.3, 0.4) is 0 Å². The molecular formula is C16H21N3OS. The summed E-state index contributed by atoms with van der Waals surface area (Å²) in [5, 5.41) is 4.13. The number of nitrogens with one attached hydrogen (secondary N) is 1. The van der Waals surface area contributed by atoms with E-state index in [0.717, 1.165) is 40.7 Å².